The number of rotatable bonds is 4. The fraction of sp³-hybridized carbons (Fsp3) is 0.353. The van der Waals surface area contributed by atoms with E-state index in [0.717, 1.165) is 17.7 Å². The van der Waals surface area contributed by atoms with Gasteiger partial charge in [0.05, 0.1) is 17.1 Å². The molecular weight excluding hydrogens is 292 g/mol. The average Bonchev–Trinajstić information content (AvgIpc) is 2.82. The molecule has 0 saturated heterocycles. The summed E-state index contributed by atoms with van der Waals surface area (Å²) in [5.41, 5.74) is 3.77. The molecule has 0 aliphatic rings. The van der Waals surface area contributed by atoms with E-state index >= 15 is 0 Å². The van der Waals surface area contributed by atoms with Crippen molar-refractivity contribution in [3.63, 3.8) is 0 Å². The Labute approximate surface area is 135 Å². The summed E-state index contributed by atoms with van der Waals surface area (Å²) >= 11 is 0. The highest BCUT2D eigenvalue weighted by molar-refractivity contribution is 6.43. The summed E-state index contributed by atoms with van der Waals surface area (Å²) in [5, 5.41) is 9.64. The van der Waals surface area contributed by atoms with Gasteiger partial charge in [0.15, 0.2) is 0 Å². The second-order valence-corrected chi connectivity index (χ2v) is 5.28. The summed E-state index contributed by atoms with van der Waals surface area (Å²) in [7, 11) is 0. The van der Waals surface area contributed by atoms with Crippen molar-refractivity contribution in [3.8, 4) is 0 Å². The third-order valence-corrected chi connectivity index (χ3v) is 3.77. The van der Waals surface area contributed by atoms with Gasteiger partial charge >= 0.3 is 11.8 Å². The van der Waals surface area contributed by atoms with Crippen LogP contribution in [0.25, 0.3) is 0 Å². The molecule has 1 aromatic heterocycles. The molecule has 0 unspecified atom stereocenters. The topological polar surface area (TPSA) is 76.0 Å². The quantitative estimate of drug-likeness (QED) is 0.852. The molecule has 2 rings (SSSR count). The molecule has 2 aromatic rings. The number of nitrogens with zero attached hydrogens (tertiary/aromatic N) is 2. The molecule has 0 aliphatic carbocycles. The van der Waals surface area contributed by atoms with Crippen LogP contribution in [0.1, 0.15) is 30.8 Å². The molecule has 0 fully saturated rings. The maximum absolute atomic E-state index is 12.2. The number of anilines is 2. The lowest BCUT2D eigenvalue weighted by Gasteiger charge is -2.10. The molecule has 0 saturated carbocycles. The standard InChI is InChI=1S/C17H22N4O2/c1-5-13-9-7-8-10-14(13)18-16(22)17(23)19-15-11(3)20-21(6-2)12(15)4/h7-10H,5-6H2,1-4H3,(H,18,22)(H,19,23). The molecule has 1 heterocycles. The van der Waals surface area contributed by atoms with Crippen LogP contribution in [-0.2, 0) is 22.6 Å². The minimum absolute atomic E-state index is 0.593. The third kappa shape index (κ3) is 3.59. The maximum Gasteiger partial charge on any atom is 0.314 e. The Kier molecular flexibility index (Phi) is 5.16. The van der Waals surface area contributed by atoms with Crippen molar-refractivity contribution in [3.05, 3.63) is 41.2 Å². The van der Waals surface area contributed by atoms with Crippen LogP contribution in [0.15, 0.2) is 24.3 Å². The molecule has 23 heavy (non-hydrogen) atoms. The van der Waals surface area contributed by atoms with Gasteiger partial charge in [-0.05, 0) is 38.8 Å². The van der Waals surface area contributed by atoms with Gasteiger partial charge in [0.2, 0.25) is 0 Å². The number of hydrogen-bond donors (Lipinski definition) is 2. The Hall–Kier alpha value is -2.63. The van der Waals surface area contributed by atoms with Gasteiger partial charge in [-0.25, -0.2) is 0 Å². The van der Waals surface area contributed by atoms with Gasteiger partial charge in [-0.2, -0.15) is 5.10 Å². The van der Waals surface area contributed by atoms with Crippen LogP contribution in [0.5, 0.6) is 0 Å². The van der Waals surface area contributed by atoms with Crippen molar-refractivity contribution in [1.82, 2.24) is 9.78 Å². The number of carbonyl (C=O) groups is 2. The number of aryl methyl sites for hydroxylation is 3. The lowest BCUT2D eigenvalue weighted by atomic mass is 10.1. The van der Waals surface area contributed by atoms with E-state index in [4.69, 9.17) is 0 Å². The number of amides is 2. The van der Waals surface area contributed by atoms with E-state index in [2.05, 4.69) is 15.7 Å². The largest absolute Gasteiger partial charge is 0.318 e. The van der Waals surface area contributed by atoms with Crippen molar-refractivity contribution in [2.45, 2.75) is 40.7 Å². The lowest BCUT2D eigenvalue weighted by molar-refractivity contribution is -0.133. The Morgan fingerprint density at radius 3 is 2.35 bits per heavy atom. The van der Waals surface area contributed by atoms with E-state index in [1.165, 1.54) is 0 Å². The molecule has 6 heteroatoms. The summed E-state index contributed by atoms with van der Waals surface area (Å²) in [6, 6.07) is 7.44. The van der Waals surface area contributed by atoms with Crippen LogP contribution in [0.4, 0.5) is 11.4 Å². The predicted molar refractivity (Wildman–Crippen MR) is 90.5 cm³/mol. The Morgan fingerprint density at radius 1 is 1.09 bits per heavy atom. The van der Waals surface area contributed by atoms with Gasteiger partial charge in [0.25, 0.3) is 0 Å². The van der Waals surface area contributed by atoms with Crippen LogP contribution in [0.3, 0.4) is 0 Å². The maximum atomic E-state index is 12.2. The van der Waals surface area contributed by atoms with E-state index in [1.54, 1.807) is 17.7 Å². The first-order chi connectivity index (χ1) is 11.0. The first-order valence-corrected chi connectivity index (χ1v) is 7.72. The molecule has 6 nitrogen and oxygen atoms in total. The zero-order valence-corrected chi connectivity index (χ0v) is 13.9. The van der Waals surface area contributed by atoms with E-state index < -0.39 is 11.8 Å². The van der Waals surface area contributed by atoms with Crippen molar-refractivity contribution < 1.29 is 9.59 Å². The highest BCUT2D eigenvalue weighted by atomic mass is 16.2. The van der Waals surface area contributed by atoms with E-state index in [1.807, 2.05) is 39.0 Å². The number of benzene rings is 1. The smallest absolute Gasteiger partial charge is 0.314 e. The Balaban J connectivity index is 2.12. The Bertz CT molecular complexity index is 734. The molecule has 1 aromatic carbocycles. The molecule has 2 N–H and O–H groups in total. The Morgan fingerprint density at radius 2 is 1.74 bits per heavy atom. The summed E-state index contributed by atoms with van der Waals surface area (Å²) in [5.74, 6) is -1.38. The minimum atomic E-state index is -0.697. The van der Waals surface area contributed by atoms with Crippen molar-refractivity contribution in [2.24, 2.45) is 0 Å². The second-order valence-electron chi connectivity index (χ2n) is 5.28. The molecule has 2 amide bonds. The predicted octanol–water partition coefficient (Wildman–Crippen LogP) is 2.66. The summed E-state index contributed by atoms with van der Waals surface area (Å²) in [6.07, 6.45) is 0.777. The lowest BCUT2D eigenvalue weighted by Crippen LogP contribution is -2.29. The molecule has 0 bridgehead atoms. The number of para-hydroxylation sites is 1. The summed E-state index contributed by atoms with van der Waals surface area (Å²) in [4.78, 5) is 24.3. The summed E-state index contributed by atoms with van der Waals surface area (Å²) < 4.78 is 1.79. The van der Waals surface area contributed by atoms with Gasteiger partial charge in [0, 0.05) is 12.2 Å². The molecule has 0 atom stereocenters. The highest BCUT2D eigenvalue weighted by Crippen LogP contribution is 2.20. The number of hydrogen-bond acceptors (Lipinski definition) is 3. The third-order valence-electron chi connectivity index (χ3n) is 3.77. The minimum Gasteiger partial charge on any atom is -0.318 e. The normalized spacial score (nSPS) is 10.4. The zero-order valence-electron chi connectivity index (χ0n) is 13.9. The van der Waals surface area contributed by atoms with Gasteiger partial charge in [-0.1, -0.05) is 25.1 Å². The zero-order chi connectivity index (χ0) is 17.0. The van der Waals surface area contributed by atoms with E-state index in [9.17, 15) is 9.59 Å². The SMILES string of the molecule is CCc1ccccc1NC(=O)C(=O)Nc1c(C)nn(CC)c1C. The molecule has 0 aliphatic heterocycles. The molecule has 122 valence electrons. The molecule has 0 radical (unpaired) electrons. The second kappa shape index (κ2) is 7.09. The van der Waals surface area contributed by atoms with Crippen molar-refractivity contribution in [1.29, 1.82) is 0 Å². The first kappa shape index (κ1) is 16.7. The van der Waals surface area contributed by atoms with Crippen LogP contribution < -0.4 is 10.6 Å². The van der Waals surface area contributed by atoms with Gasteiger partial charge in [-0.15, -0.1) is 0 Å². The van der Waals surface area contributed by atoms with Crippen LogP contribution >= 0.6 is 0 Å². The van der Waals surface area contributed by atoms with Gasteiger partial charge in [0.1, 0.15) is 0 Å². The monoisotopic (exact) mass is 314 g/mol. The fourth-order valence-electron chi connectivity index (χ4n) is 2.49. The average molecular weight is 314 g/mol. The first-order valence-electron chi connectivity index (χ1n) is 7.72. The van der Waals surface area contributed by atoms with Crippen LogP contribution in [0.2, 0.25) is 0 Å². The fourth-order valence-corrected chi connectivity index (χ4v) is 2.49. The van der Waals surface area contributed by atoms with Gasteiger partial charge < -0.3 is 10.6 Å². The number of nitrogens with one attached hydrogen (secondary N) is 2. The summed E-state index contributed by atoms with van der Waals surface area (Å²) in [6.45, 7) is 8.34. The van der Waals surface area contributed by atoms with Crippen molar-refractivity contribution >= 4 is 23.2 Å². The van der Waals surface area contributed by atoms with Crippen LogP contribution in [0, 0.1) is 13.8 Å². The van der Waals surface area contributed by atoms with E-state index in [-0.39, 0.29) is 0 Å². The number of aromatic nitrogens is 2. The number of carbonyl (C=O) groups excluding carboxylic acids is 2. The van der Waals surface area contributed by atoms with Crippen LogP contribution in [-0.4, -0.2) is 21.6 Å². The molecular formula is C17H22N4O2. The van der Waals surface area contributed by atoms with E-state index in [0.29, 0.717) is 23.6 Å². The van der Waals surface area contributed by atoms with Crippen molar-refractivity contribution in [2.75, 3.05) is 10.6 Å². The highest BCUT2D eigenvalue weighted by Gasteiger charge is 2.19. The van der Waals surface area contributed by atoms with Gasteiger partial charge in [-0.3, -0.25) is 14.3 Å². The molecule has 0 spiro atoms.